The number of aliphatic hydroxyl groups is 1. The number of benzene rings is 1. The Balaban J connectivity index is 2.09. The van der Waals surface area contributed by atoms with Gasteiger partial charge >= 0.3 is 6.18 Å². The predicted octanol–water partition coefficient (Wildman–Crippen LogP) is 2.25. The third-order valence-electron chi connectivity index (χ3n) is 3.15. The summed E-state index contributed by atoms with van der Waals surface area (Å²) in [5.74, 6) is -1.59. The first-order valence-electron chi connectivity index (χ1n) is 6.19. The Kier molecular flexibility index (Phi) is 4.19. The molecule has 1 aromatic heterocycles. The van der Waals surface area contributed by atoms with Gasteiger partial charge in [-0.15, -0.1) is 0 Å². The number of halogens is 3. The molecule has 0 fully saturated rings. The third kappa shape index (κ3) is 3.53. The molecule has 0 saturated heterocycles. The molecule has 8 heteroatoms. The number of aromatic nitrogens is 1. The number of aliphatic hydroxyl groups excluding tert-OH is 1. The van der Waals surface area contributed by atoms with Gasteiger partial charge < -0.3 is 16.3 Å². The van der Waals surface area contributed by atoms with Crippen LogP contribution < -0.4 is 16.6 Å². The summed E-state index contributed by atoms with van der Waals surface area (Å²) in [5.41, 5.74) is 10.9. The highest BCUT2D eigenvalue weighted by atomic mass is 19.4. The van der Waals surface area contributed by atoms with Gasteiger partial charge in [0.15, 0.2) is 0 Å². The highest BCUT2D eigenvalue weighted by Crippen LogP contribution is 2.27. The molecule has 21 heavy (non-hydrogen) atoms. The van der Waals surface area contributed by atoms with Crippen molar-refractivity contribution >= 4 is 22.3 Å². The van der Waals surface area contributed by atoms with Crippen molar-refractivity contribution in [3.05, 3.63) is 30.5 Å². The number of pyridine rings is 1. The molecule has 1 heterocycles. The second-order valence-corrected chi connectivity index (χ2v) is 4.68. The normalized spacial score (nSPS) is 14.9. The van der Waals surface area contributed by atoms with Crippen molar-refractivity contribution in [2.24, 2.45) is 5.92 Å². The first-order valence-corrected chi connectivity index (χ1v) is 6.19. The van der Waals surface area contributed by atoms with Gasteiger partial charge in [-0.05, 0) is 30.5 Å². The monoisotopic (exact) mass is 300 g/mol. The summed E-state index contributed by atoms with van der Waals surface area (Å²) in [6.07, 6.45) is -4.68. The van der Waals surface area contributed by atoms with Crippen molar-refractivity contribution in [2.45, 2.75) is 19.3 Å². The molecule has 1 unspecified atom stereocenters. The Labute approximate surface area is 118 Å². The van der Waals surface area contributed by atoms with Crippen LogP contribution in [0.3, 0.4) is 0 Å². The smallest absolute Gasteiger partial charge is 0.383 e. The van der Waals surface area contributed by atoms with Crippen LogP contribution in [-0.2, 0) is 0 Å². The predicted molar refractivity (Wildman–Crippen MR) is 74.1 cm³/mol. The number of nitrogens with zero attached hydrogens (tertiary/aromatic N) is 1. The number of hydrogen-bond donors (Lipinski definition) is 4. The van der Waals surface area contributed by atoms with Crippen molar-refractivity contribution in [3.8, 4) is 0 Å². The summed E-state index contributed by atoms with van der Waals surface area (Å²) in [6.45, 7) is 0.891. The van der Waals surface area contributed by atoms with Crippen molar-refractivity contribution in [1.82, 2.24) is 10.4 Å². The number of hydrogen-bond acceptors (Lipinski definition) is 5. The summed E-state index contributed by atoms with van der Waals surface area (Å²) in [6, 6.07) is 6.80. The molecule has 0 aliphatic carbocycles. The Morgan fingerprint density at radius 1 is 1.29 bits per heavy atom. The summed E-state index contributed by atoms with van der Waals surface area (Å²) < 4.78 is 37.3. The quantitative estimate of drug-likeness (QED) is 0.514. The maximum Gasteiger partial charge on any atom is 0.395 e. The molecule has 1 aromatic carbocycles. The molecule has 0 aliphatic rings. The maximum absolute atomic E-state index is 12.4. The van der Waals surface area contributed by atoms with Gasteiger partial charge in [0.25, 0.3) is 0 Å². The van der Waals surface area contributed by atoms with Crippen LogP contribution in [0.5, 0.6) is 0 Å². The van der Waals surface area contributed by atoms with E-state index in [1.165, 1.54) is 0 Å². The summed E-state index contributed by atoms with van der Waals surface area (Å²) in [4.78, 5) is 3.94. The lowest BCUT2D eigenvalue weighted by Crippen LogP contribution is -2.44. The Morgan fingerprint density at radius 3 is 2.67 bits per heavy atom. The SMILES string of the molecule is CC([C@H](O)NNc1ccc2ccnc(N)c2c1)C(F)(F)F. The van der Waals surface area contributed by atoms with E-state index < -0.39 is 18.3 Å². The average Bonchev–Trinajstić information content (AvgIpc) is 2.43. The molecule has 2 atom stereocenters. The number of rotatable bonds is 4. The fourth-order valence-corrected chi connectivity index (χ4v) is 1.73. The first kappa shape index (κ1) is 15.3. The van der Waals surface area contributed by atoms with Crippen molar-refractivity contribution in [2.75, 3.05) is 11.2 Å². The highest BCUT2D eigenvalue weighted by molar-refractivity contribution is 5.93. The second-order valence-electron chi connectivity index (χ2n) is 4.68. The summed E-state index contributed by atoms with van der Waals surface area (Å²) in [5, 5.41) is 11.0. The number of nitrogen functional groups attached to an aromatic ring is 1. The zero-order valence-corrected chi connectivity index (χ0v) is 11.1. The minimum Gasteiger partial charge on any atom is -0.383 e. The van der Waals surface area contributed by atoms with E-state index >= 15 is 0 Å². The van der Waals surface area contributed by atoms with Crippen LogP contribution in [-0.4, -0.2) is 22.5 Å². The van der Waals surface area contributed by atoms with E-state index in [4.69, 9.17) is 5.73 Å². The van der Waals surface area contributed by atoms with E-state index in [1.54, 1.807) is 30.5 Å². The van der Waals surface area contributed by atoms with Gasteiger partial charge in [-0.25, -0.2) is 10.4 Å². The van der Waals surface area contributed by atoms with E-state index in [0.717, 1.165) is 12.3 Å². The van der Waals surface area contributed by atoms with Gasteiger partial charge in [-0.1, -0.05) is 6.07 Å². The van der Waals surface area contributed by atoms with Crippen LogP contribution in [0, 0.1) is 5.92 Å². The average molecular weight is 300 g/mol. The van der Waals surface area contributed by atoms with E-state index in [-0.39, 0.29) is 0 Å². The molecule has 0 spiro atoms. The van der Waals surface area contributed by atoms with Gasteiger partial charge in [0.1, 0.15) is 12.0 Å². The fraction of sp³-hybridized carbons (Fsp3) is 0.308. The van der Waals surface area contributed by atoms with Crippen molar-refractivity contribution < 1.29 is 18.3 Å². The maximum atomic E-state index is 12.4. The number of nitrogens with one attached hydrogen (secondary N) is 2. The second kappa shape index (κ2) is 5.74. The number of fused-ring (bicyclic) bond motifs is 1. The number of anilines is 2. The molecule has 2 rings (SSSR count). The van der Waals surface area contributed by atoms with Gasteiger partial charge in [-0.3, -0.25) is 0 Å². The molecule has 0 bridgehead atoms. The summed E-state index contributed by atoms with van der Waals surface area (Å²) in [7, 11) is 0. The molecule has 5 N–H and O–H groups in total. The lowest BCUT2D eigenvalue weighted by Gasteiger charge is -2.23. The van der Waals surface area contributed by atoms with E-state index in [1.807, 2.05) is 0 Å². The molecule has 114 valence electrons. The Bertz CT molecular complexity index is 632. The molecule has 0 aliphatic heterocycles. The van der Waals surface area contributed by atoms with Crippen LogP contribution in [0.15, 0.2) is 30.5 Å². The van der Waals surface area contributed by atoms with Crippen LogP contribution in [0.2, 0.25) is 0 Å². The van der Waals surface area contributed by atoms with Crippen molar-refractivity contribution in [1.29, 1.82) is 0 Å². The van der Waals surface area contributed by atoms with E-state index in [9.17, 15) is 18.3 Å². The molecular weight excluding hydrogens is 285 g/mol. The molecule has 2 aromatic rings. The standard InChI is InChI=1S/C13H15F3N4O/c1-7(13(14,15)16)12(21)20-19-9-3-2-8-4-5-18-11(17)10(8)6-9/h2-7,12,19-21H,1H3,(H2,17,18)/t7?,12-/m0/s1. The van der Waals surface area contributed by atoms with Crippen LogP contribution >= 0.6 is 0 Å². The van der Waals surface area contributed by atoms with Gasteiger partial charge in [0.05, 0.1) is 5.92 Å². The zero-order valence-electron chi connectivity index (χ0n) is 11.1. The highest BCUT2D eigenvalue weighted by Gasteiger charge is 2.40. The van der Waals surface area contributed by atoms with Gasteiger partial charge in [-0.2, -0.15) is 13.2 Å². The minimum atomic E-state index is -4.48. The Hall–Kier alpha value is -2.06. The van der Waals surface area contributed by atoms with E-state index in [0.29, 0.717) is 16.9 Å². The first-order chi connectivity index (χ1) is 9.79. The fourth-order valence-electron chi connectivity index (χ4n) is 1.73. The third-order valence-corrected chi connectivity index (χ3v) is 3.15. The van der Waals surface area contributed by atoms with Gasteiger partial charge in [0.2, 0.25) is 0 Å². The molecule has 0 saturated carbocycles. The largest absolute Gasteiger partial charge is 0.395 e. The van der Waals surface area contributed by atoms with Gasteiger partial charge in [0, 0.05) is 17.3 Å². The molecule has 0 amide bonds. The van der Waals surface area contributed by atoms with E-state index in [2.05, 4.69) is 15.8 Å². The number of hydrazine groups is 1. The molecular formula is C13H15F3N4O. The topological polar surface area (TPSA) is 83.2 Å². The number of nitrogens with two attached hydrogens (primary N) is 1. The van der Waals surface area contributed by atoms with Crippen molar-refractivity contribution in [3.63, 3.8) is 0 Å². The van der Waals surface area contributed by atoms with Crippen LogP contribution in [0.4, 0.5) is 24.7 Å². The lowest BCUT2D eigenvalue weighted by molar-refractivity contribution is -0.197. The number of alkyl halides is 3. The van der Waals surface area contributed by atoms with Crippen LogP contribution in [0.25, 0.3) is 10.8 Å². The summed E-state index contributed by atoms with van der Waals surface area (Å²) >= 11 is 0. The minimum absolute atomic E-state index is 0.320. The lowest BCUT2D eigenvalue weighted by atomic mass is 10.1. The molecule has 0 radical (unpaired) electrons. The van der Waals surface area contributed by atoms with Crippen LogP contribution in [0.1, 0.15) is 6.92 Å². The molecule has 5 nitrogen and oxygen atoms in total. The zero-order chi connectivity index (χ0) is 15.6. The Morgan fingerprint density at radius 2 is 2.00 bits per heavy atom.